The van der Waals surface area contributed by atoms with Gasteiger partial charge in [-0.3, -0.25) is 9.38 Å². The summed E-state index contributed by atoms with van der Waals surface area (Å²) in [6, 6.07) is 4.79. The van der Waals surface area contributed by atoms with Crippen LogP contribution < -0.4 is 5.73 Å². The van der Waals surface area contributed by atoms with Crippen molar-refractivity contribution in [2.45, 2.75) is 30.6 Å². The first kappa shape index (κ1) is 17.4. The van der Waals surface area contributed by atoms with Crippen molar-refractivity contribution in [3.8, 4) is 0 Å². The maximum Gasteiger partial charge on any atom is 0.128 e. The lowest BCUT2D eigenvalue weighted by Gasteiger charge is -2.33. The largest absolute Gasteiger partial charge is 0.386 e. The summed E-state index contributed by atoms with van der Waals surface area (Å²) in [6.45, 7) is 2.09. The summed E-state index contributed by atoms with van der Waals surface area (Å²) in [4.78, 5) is 4.49. The lowest BCUT2D eigenvalue weighted by Crippen LogP contribution is -2.41. The Morgan fingerprint density at radius 1 is 1.45 bits per heavy atom. The van der Waals surface area contributed by atoms with Crippen LogP contribution >= 0.6 is 27.7 Å². The second-order valence-corrected chi connectivity index (χ2v) is 6.89. The molecule has 1 aromatic carbocycles. The van der Waals surface area contributed by atoms with E-state index < -0.39 is 0 Å². The van der Waals surface area contributed by atoms with E-state index in [0.717, 1.165) is 17.3 Å². The third-order valence-corrected chi connectivity index (χ3v) is 5.31. The summed E-state index contributed by atoms with van der Waals surface area (Å²) < 4.78 is 24.1. The first-order chi connectivity index (χ1) is 9.46. The molecule has 0 radical (unpaired) electrons. The fourth-order valence-corrected chi connectivity index (χ4v) is 3.07. The molecule has 0 aliphatic carbocycles. The van der Waals surface area contributed by atoms with Crippen LogP contribution in [0.1, 0.15) is 31.4 Å². The quantitative estimate of drug-likeness (QED) is 0.839. The van der Waals surface area contributed by atoms with Crippen LogP contribution in [0.4, 0.5) is 8.78 Å². The summed E-state index contributed by atoms with van der Waals surface area (Å²) in [6.07, 6.45) is 3.77. The molecular formula is C14H19BrF2N2S. The van der Waals surface area contributed by atoms with Crippen molar-refractivity contribution >= 4 is 33.5 Å². The highest BCUT2D eigenvalue weighted by Crippen LogP contribution is 2.39. The number of rotatable bonds is 2. The first-order valence-corrected chi connectivity index (χ1v) is 8.20. The molecule has 0 bridgehead atoms. The van der Waals surface area contributed by atoms with Crippen molar-refractivity contribution in [1.82, 2.24) is 0 Å². The predicted octanol–water partition coefficient (Wildman–Crippen LogP) is 4.49. The van der Waals surface area contributed by atoms with Crippen molar-refractivity contribution in [3.05, 3.63) is 34.1 Å². The van der Waals surface area contributed by atoms with Gasteiger partial charge in [0.15, 0.2) is 0 Å². The minimum Gasteiger partial charge on any atom is -0.386 e. The number of hydrogen-bond donors (Lipinski definition) is 1. The third kappa shape index (κ3) is 3.73. The lowest BCUT2D eigenvalue weighted by atomic mass is 9.92. The Bertz CT molecular complexity index is 496. The summed E-state index contributed by atoms with van der Waals surface area (Å²) in [5.41, 5.74) is 6.66. The molecule has 2 unspecified atom stereocenters. The SMILES string of the molecule is CF.CSC1(C)CCC(c2cc(Br)ccc2F)N=C1N. The normalized spacial score (nSPS) is 25.5. The Balaban J connectivity index is 0.000000956. The molecule has 112 valence electrons. The number of thioether (sulfide) groups is 1. The summed E-state index contributed by atoms with van der Waals surface area (Å²) >= 11 is 5.07. The van der Waals surface area contributed by atoms with Gasteiger partial charge in [0.25, 0.3) is 0 Å². The van der Waals surface area contributed by atoms with Crippen molar-refractivity contribution < 1.29 is 8.78 Å². The minimum absolute atomic E-state index is 0.112. The number of nitrogens with zero attached hydrogens (tertiary/aromatic N) is 1. The predicted molar refractivity (Wildman–Crippen MR) is 86.6 cm³/mol. The molecular weight excluding hydrogens is 346 g/mol. The molecule has 0 saturated heterocycles. The Morgan fingerprint density at radius 2 is 2.10 bits per heavy atom. The number of nitrogens with two attached hydrogens (primary N) is 1. The van der Waals surface area contributed by atoms with E-state index in [1.807, 2.05) is 6.26 Å². The van der Waals surface area contributed by atoms with Gasteiger partial charge in [-0.05, 0) is 44.2 Å². The van der Waals surface area contributed by atoms with Gasteiger partial charge in [-0.25, -0.2) is 4.39 Å². The van der Waals surface area contributed by atoms with Gasteiger partial charge in [-0.15, -0.1) is 0 Å². The van der Waals surface area contributed by atoms with Crippen molar-refractivity contribution in [3.63, 3.8) is 0 Å². The first-order valence-electron chi connectivity index (χ1n) is 6.18. The summed E-state index contributed by atoms with van der Waals surface area (Å²) in [7, 11) is 0.500. The Hall–Kier alpha value is -0.620. The number of halogens is 3. The Labute approximate surface area is 131 Å². The standard InChI is InChI=1S/C13H16BrFN2S.CH3F/c1-13(18-2)6-5-11(17-12(13)16)9-7-8(14)3-4-10(9)15;1-2/h3-4,7,11H,5-6H2,1-2H3,(H2,16,17);1H3. The highest BCUT2D eigenvalue weighted by Gasteiger charge is 2.34. The third-order valence-electron chi connectivity index (χ3n) is 3.50. The topological polar surface area (TPSA) is 38.4 Å². The zero-order chi connectivity index (χ0) is 15.3. The van der Waals surface area contributed by atoms with Gasteiger partial charge in [-0.2, -0.15) is 11.8 Å². The molecule has 2 N–H and O–H groups in total. The van der Waals surface area contributed by atoms with Crippen LogP contribution in [0.5, 0.6) is 0 Å². The number of amidine groups is 1. The van der Waals surface area contributed by atoms with Crippen LogP contribution in [0.15, 0.2) is 27.7 Å². The molecule has 1 aliphatic heterocycles. The van der Waals surface area contributed by atoms with E-state index in [1.54, 1.807) is 23.9 Å². The second kappa shape index (κ2) is 7.41. The average Bonchev–Trinajstić information content (AvgIpc) is 2.47. The van der Waals surface area contributed by atoms with E-state index in [4.69, 9.17) is 5.73 Å². The van der Waals surface area contributed by atoms with Crippen molar-refractivity contribution in [1.29, 1.82) is 0 Å². The van der Waals surface area contributed by atoms with Gasteiger partial charge >= 0.3 is 0 Å². The van der Waals surface area contributed by atoms with E-state index >= 15 is 0 Å². The highest BCUT2D eigenvalue weighted by molar-refractivity contribution is 9.10. The van der Waals surface area contributed by atoms with Crippen LogP contribution in [0.25, 0.3) is 0 Å². The second-order valence-electron chi connectivity index (χ2n) is 4.67. The smallest absolute Gasteiger partial charge is 0.128 e. The molecule has 2 nitrogen and oxygen atoms in total. The van der Waals surface area contributed by atoms with E-state index in [2.05, 4.69) is 27.8 Å². The zero-order valence-electron chi connectivity index (χ0n) is 11.8. The molecule has 0 fully saturated rings. The fourth-order valence-electron chi connectivity index (χ4n) is 2.11. The molecule has 1 aliphatic rings. The molecule has 1 heterocycles. The fraction of sp³-hybridized carbons (Fsp3) is 0.500. The van der Waals surface area contributed by atoms with Gasteiger partial charge < -0.3 is 5.73 Å². The number of alkyl halides is 1. The average molecular weight is 365 g/mol. The molecule has 20 heavy (non-hydrogen) atoms. The molecule has 0 aromatic heterocycles. The van der Waals surface area contributed by atoms with E-state index in [9.17, 15) is 8.78 Å². The van der Waals surface area contributed by atoms with Crippen molar-refractivity contribution in [2.24, 2.45) is 10.7 Å². The molecule has 2 rings (SSSR count). The van der Waals surface area contributed by atoms with Gasteiger partial charge in [0.05, 0.1) is 18.0 Å². The molecule has 0 spiro atoms. The monoisotopic (exact) mass is 364 g/mol. The van der Waals surface area contributed by atoms with Crippen LogP contribution in [-0.4, -0.2) is 24.0 Å². The molecule has 1 aromatic rings. The maximum atomic E-state index is 13.8. The van der Waals surface area contributed by atoms with Crippen molar-refractivity contribution in [2.75, 3.05) is 13.4 Å². The van der Waals surface area contributed by atoms with Crippen LogP contribution in [0.2, 0.25) is 0 Å². The van der Waals surface area contributed by atoms with Gasteiger partial charge in [0.1, 0.15) is 11.7 Å². The maximum absolute atomic E-state index is 13.8. The summed E-state index contributed by atoms with van der Waals surface area (Å²) in [5.74, 6) is 0.401. The zero-order valence-corrected chi connectivity index (χ0v) is 14.2. The minimum atomic E-state index is -0.215. The van der Waals surface area contributed by atoms with Gasteiger partial charge in [0.2, 0.25) is 0 Å². The number of benzene rings is 1. The Morgan fingerprint density at radius 3 is 2.65 bits per heavy atom. The molecule has 6 heteroatoms. The van der Waals surface area contributed by atoms with Crippen LogP contribution in [-0.2, 0) is 0 Å². The number of hydrogen-bond acceptors (Lipinski definition) is 3. The molecule has 0 amide bonds. The lowest BCUT2D eigenvalue weighted by molar-refractivity contribution is 0.514. The van der Waals surface area contributed by atoms with E-state index in [-0.39, 0.29) is 16.6 Å². The summed E-state index contributed by atoms with van der Waals surface area (Å²) in [5, 5.41) is 0. The Kier molecular flexibility index (Phi) is 6.45. The molecule has 2 atom stereocenters. The van der Waals surface area contributed by atoms with Crippen LogP contribution in [0, 0.1) is 5.82 Å². The molecule has 0 saturated carbocycles. The number of aliphatic imine (C=N–C) groups is 1. The highest BCUT2D eigenvalue weighted by atomic mass is 79.9. The van der Waals surface area contributed by atoms with E-state index in [0.29, 0.717) is 18.6 Å². The van der Waals surface area contributed by atoms with Gasteiger partial charge in [0, 0.05) is 10.0 Å². The van der Waals surface area contributed by atoms with Crippen LogP contribution in [0.3, 0.4) is 0 Å². The van der Waals surface area contributed by atoms with Gasteiger partial charge in [-0.1, -0.05) is 15.9 Å². The van der Waals surface area contributed by atoms with E-state index in [1.165, 1.54) is 6.07 Å².